The lowest BCUT2D eigenvalue weighted by atomic mass is 10.3. The maximum Gasteiger partial charge on any atom is 0.433 e. The van der Waals surface area contributed by atoms with Gasteiger partial charge in [-0.15, -0.1) is 0 Å². The highest BCUT2D eigenvalue weighted by Gasteiger charge is 2.42. The molecule has 0 saturated heterocycles. The number of alkyl halides is 3. The molecule has 0 radical (unpaired) electrons. The summed E-state index contributed by atoms with van der Waals surface area (Å²) in [7, 11) is 3.30. The highest BCUT2D eigenvalue weighted by Crippen LogP contribution is 2.47. The van der Waals surface area contributed by atoms with Crippen molar-refractivity contribution in [2.75, 3.05) is 37.1 Å². The van der Waals surface area contributed by atoms with Crippen LogP contribution in [0.4, 0.5) is 24.9 Å². The molecular formula is C12H17F3N4S. The van der Waals surface area contributed by atoms with E-state index in [2.05, 4.69) is 15.3 Å². The molecule has 20 heavy (non-hydrogen) atoms. The minimum absolute atomic E-state index is 0.0313. The van der Waals surface area contributed by atoms with Gasteiger partial charge in [0.15, 0.2) is 5.69 Å². The van der Waals surface area contributed by atoms with Crippen molar-refractivity contribution in [2.24, 2.45) is 0 Å². The summed E-state index contributed by atoms with van der Waals surface area (Å²) >= 11 is 1.73. The maximum absolute atomic E-state index is 12.8. The third-order valence-electron chi connectivity index (χ3n) is 3.27. The van der Waals surface area contributed by atoms with Gasteiger partial charge in [-0.05, 0) is 19.1 Å². The van der Waals surface area contributed by atoms with Crippen LogP contribution in [0.3, 0.4) is 0 Å². The molecule has 0 atom stereocenters. The molecule has 1 N–H and O–H groups in total. The first kappa shape index (κ1) is 15.2. The molecule has 1 fully saturated rings. The van der Waals surface area contributed by atoms with Gasteiger partial charge in [0.05, 0.1) is 0 Å². The zero-order valence-corrected chi connectivity index (χ0v) is 12.4. The summed E-state index contributed by atoms with van der Waals surface area (Å²) in [5.41, 5.74) is -0.923. The van der Waals surface area contributed by atoms with E-state index in [0.717, 1.165) is 18.9 Å². The fourth-order valence-electron chi connectivity index (χ4n) is 1.72. The van der Waals surface area contributed by atoms with E-state index in [1.165, 1.54) is 4.90 Å². The van der Waals surface area contributed by atoms with Gasteiger partial charge in [-0.25, -0.2) is 4.98 Å². The van der Waals surface area contributed by atoms with Crippen molar-refractivity contribution < 1.29 is 13.2 Å². The lowest BCUT2D eigenvalue weighted by molar-refractivity contribution is -0.141. The highest BCUT2D eigenvalue weighted by molar-refractivity contribution is 8.00. The van der Waals surface area contributed by atoms with E-state index in [9.17, 15) is 13.2 Å². The number of aromatic nitrogens is 2. The van der Waals surface area contributed by atoms with E-state index in [-0.39, 0.29) is 16.5 Å². The Hall–Kier alpha value is -1.18. The molecule has 0 spiro atoms. The van der Waals surface area contributed by atoms with Crippen LogP contribution >= 0.6 is 11.8 Å². The zero-order chi connectivity index (χ0) is 15.0. The quantitative estimate of drug-likeness (QED) is 0.906. The second-order valence-corrected chi connectivity index (χ2v) is 6.34. The number of nitrogens with one attached hydrogen (secondary N) is 1. The molecule has 0 unspecified atom stereocenters. The summed E-state index contributed by atoms with van der Waals surface area (Å²) in [4.78, 5) is 9.21. The average molecular weight is 306 g/mol. The van der Waals surface area contributed by atoms with Crippen molar-refractivity contribution in [3.63, 3.8) is 0 Å². The van der Waals surface area contributed by atoms with Crippen molar-refractivity contribution >= 4 is 23.5 Å². The average Bonchev–Trinajstić information content (AvgIpc) is 3.15. The highest BCUT2D eigenvalue weighted by atomic mass is 32.2. The van der Waals surface area contributed by atoms with Crippen molar-refractivity contribution in [2.45, 2.75) is 23.8 Å². The van der Waals surface area contributed by atoms with E-state index in [1.54, 1.807) is 25.9 Å². The minimum atomic E-state index is -4.47. The Morgan fingerprint density at radius 1 is 1.35 bits per heavy atom. The monoisotopic (exact) mass is 306 g/mol. The summed E-state index contributed by atoms with van der Waals surface area (Å²) in [5, 5.41) is 2.94. The molecular weight excluding hydrogens is 289 g/mol. The first-order valence-corrected chi connectivity index (χ1v) is 7.41. The smallest absolute Gasteiger partial charge is 0.363 e. The van der Waals surface area contributed by atoms with Crippen LogP contribution in [-0.4, -0.2) is 41.6 Å². The second-order valence-electron chi connectivity index (χ2n) is 5.07. The van der Waals surface area contributed by atoms with Crippen molar-refractivity contribution in [3.8, 4) is 0 Å². The molecule has 8 heteroatoms. The van der Waals surface area contributed by atoms with Crippen LogP contribution in [0.1, 0.15) is 18.5 Å². The Bertz CT molecular complexity index is 486. The van der Waals surface area contributed by atoms with Crippen LogP contribution in [0.5, 0.6) is 0 Å². The second kappa shape index (κ2) is 5.31. The van der Waals surface area contributed by atoms with Gasteiger partial charge in [-0.1, -0.05) is 0 Å². The Balaban J connectivity index is 2.21. The molecule has 1 aliphatic carbocycles. The number of rotatable bonds is 5. The molecule has 0 bridgehead atoms. The molecule has 2 rings (SSSR count). The normalized spacial score (nSPS) is 16.9. The molecule has 4 nitrogen and oxygen atoms in total. The zero-order valence-electron chi connectivity index (χ0n) is 11.6. The lowest BCUT2D eigenvalue weighted by Gasteiger charge is -2.17. The van der Waals surface area contributed by atoms with Gasteiger partial charge in [0, 0.05) is 31.5 Å². The number of thioether (sulfide) groups is 1. The predicted molar refractivity (Wildman–Crippen MR) is 75.3 cm³/mol. The van der Waals surface area contributed by atoms with Gasteiger partial charge >= 0.3 is 6.18 Å². The van der Waals surface area contributed by atoms with Gasteiger partial charge in [-0.3, -0.25) is 0 Å². The number of halogens is 3. The van der Waals surface area contributed by atoms with E-state index in [1.807, 2.05) is 6.26 Å². The summed E-state index contributed by atoms with van der Waals surface area (Å²) in [6, 6.07) is 0.951. The number of hydrogen-bond acceptors (Lipinski definition) is 5. The molecule has 0 aromatic carbocycles. The number of nitrogens with zero attached hydrogens (tertiary/aromatic N) is 3. The SMILES string of the molecule is CSC1(CNc2nc(N(C)C)cc(C(F)(F)F)n2)CC1. The van der Waals surface area contributed by atoms with Gasteiger partial charge < -0.3 is 10.2 Å². The van der Waals surface area contributed by atoms with Crippen molar-refractivity contribution in [1.29, 1.82) is 0 Å². The Morgan fingerprint density at radius 3 is 2.45 bits per heavy atom. The van der Waals surface area contributed by atoms with E-state index in [4.69, 9.17) is 0 Å². The van der Waals surface area contributed by atoms with Crippen LogP contribution in [0.15, 0.2) is 6.07 Å². The van der Waals surface area contributed by atoms with Crippen LogP contribution in [0.2, 0.25) is 0 Å². The third kappa shape index (κ3) is 3.47. The van der Waals surface area contributed by atoms with Gasteiger partial charge in [0.1, 0.15) is 5.82 Å². The fourth-order valence-corrected chi connectivity index (χ4v) is 2.45. The first-order chi connectivity index (χ1) is 9.26. The van der Waals surface area contributed by atoms with Crippen LogP contribution in [-0.2, 0) is 6.18 Å². The lowest BCUT2D eigenvalue weighted by Crippen LogP contribution is -2.22. The first-order valence-electron chi connectivity index (χ1n) is 6.18. The molecule has 1 saturated carbocycles. The molecule has 1 aromatic rings. The Kier molecular flexibility index (Phi) is 4.04. The van der Waals surface area contributed by atoms with Crippen LogP contribution < -0.4 is 10.2 Å². The topological polar surface area (TPSA) is 41.1 Å². The minimum Gasteiger partial charge on any atom is -0.363 e. The van der Waals surface area contributed by atoms with E-state index in [0.29, 0.717) is 6.54 Å². The molecule has 1 aliphatic rings. The number of hydrogen-bond donors (Lipinski definition) is 1. The molecule has 1 aromatic heterocycles. The van der Waals surface area contributed by atoms with E-state index < -0.39 is 11.9 Å². The molecule has 112 valence electrons. The van der Waals surface area contributed by atoms with Crippen molar-refractivity contribution in [1.82, 2.24) is 9.97 Å². The summed E-state index contributed by atoms with van der Waals surface area (Å²) in [6.07, 6.45) is -0.324. The summed E-state index contributed by atoms with van der Waals surface area (Å²) < 4.78 is 38.6. The predicted octanol–water partition coefficient (Wildman–Crippen LogP) is 2.87. The summed E-state index contributed by atoms with van der Waals surface area (Å²) in [6.45, 7) is 0.586. The molecule has 1 heterocycles. The number of anilines is 2. The fraction of sp³-hybridized carbons (Fsp3) is 0.667. The standard InChI is InChI=1S/C12H17F3N4S/c1-19(2)9-6-8(12(13,14)15)17-10(18-9)16-7-11(20-3)4-5-11/h6H,4-5,7H2,1-3H3,(H,16,17,18). The van der Waals surface area contributed by atoms with Crippen LogP contribution in [0, 0.1) is 0 Å². The molecule has 0 amide bonds. The van der Waals surface area contributed by atoms with Gasteiger partial charge in [-0.2, -0.15) is 29.9 Å². The summed E-state index contributed by atoms with van der Waals surface area (Å²) in [5.74, 6) is 0.271. The van der Waals surface area contributed by atoms with Gasteiger partial charge in [0.2, 0.25) is 5.95 Å². The van der Waals surface area contributed by atoms with E-state index >= 15 is 0 Å². The van der Waals surface area contributed by atoms with Gasteiger partial charge in [0.25, 0.3) is 0 Å². The van der Waals surface area contributed by atoms with Crippen molar-refractivity contribution in [3.05, 3.63) is 11.8 Å². The van der Waals surface area contributed by atoms with Crippen LogP contribution in [0.25, 0.3) is 0 Å². The molecule has 0 aliphatic heterocycles. The maximum atomic E-state index is 12.8. The Morgan fingerprint density at radius 2 is 2.00 bits per heavy atom. The largest absolute Gasteiger partial charge is 0.433 e. The third-order valence-corrected chi connectivity index (χ3v) is 4.69. The Labute approximate surface area is 120 Å².